The topological polar surface area (TPSA) is 74.6 Å². The number of aromatic carboxylic acids is 2. The van der Waals surface area contributed by atoms with Crippen LogP contribution in [0.15, 0.2) is 84.9 Å². The molecule has 0 saturated heterocycles. The van der Waals surface area contributed by atoms with Crippen LogP contribution in [0.1, 0.15) is 131 Å². The number of carbonyl (C=O) groups is 2. The molecule has 0 radical (unpaired) electrons. The molecule has 0 aliphatic heterocycles. The van der Waals surface area contributed by atoms with E-state index in [1.165, 1.54) is 83.0 Å². The van der Waals surface area contributed by atoms with Gasteiger partial charge < -0.3 is 10.2 Å². The van der Waals surface area contributed by atoms with Crippen LogP contribution in [0.4, 0.5) is 0 Å². The first-order valence-corrected chi connectivity index (χ1v) is 19.7. The van der Waals surface area contributed by atoms with Crippen LogP contribution < -0.4 is 0 Å². The van der Waals surface area contributed by atoms with Crippen molar-refractivity contribution in [1.82, 2.24) is 0 Å². The summed E-state index contributed by atoms with van der Waals surface area (Å²) in [6, 6.07) is 30.1. The van der Waals surface area contributed by atoms with E-state index in [1.807, 2.05) is 12.1 Å². The standard InChI is InChI=1S/C47H46O4/c48-43(49)33-9-11-39(41(19-33)45-21-27-13-28(22-45)15-29(14-27)23-45)47(37-7-3-1-5-35(37)36-6-2-4-8-38(36)47)40-12-10-34(44(50)51)20-42(40)46-24-30-16-31(25-46)18-32(17-30)26-46/h1-12,19-20,27-32H,13-18,21-26H2,(H,48,49)(H,50,51). The van der Waals surface area contributed by atoms with Gasteiger partial charge in [0, 0.05) is 0 Å². The van der Waals surface area contributed by atoms with Gasteiger partial charge in [-0.25, -0.2) is 9.59 Å². The minimum atomic E-state index is -0.867. The molecule has 0 heterocycles. The summed E-state index contributed by atoms with van der Waals surface area (Å²) in [6.45, 7) is 0. The van der Waals surface area contributed by atoms with Gasteiger partial charge in [0.1, 0.15) is 0 Å². The highest BCUT2D eigenvalue weighted by molar-refractivity contribution is 5.92. The van der Waals surface area contributed by atoms with E-state index in [-0.39, 0.29) is 10.8 Å². The number of hydrogen-bond donors (Lipinski definition) is 2. The molecule has 258 valence electrons. The highest BCUT2D eigenvalue weighted by Crippen LogP contribution is 2.67. The van der Waals surface area contributed by atoms with Crippen LogP contribution >= 0.6 is 0 Å². The Bertz CT molecular complexity index is 1930. The van der Waals surface area contributed by atoms with Gasteiger partial charge in [-0.3, -0.25) is 0 Å². The van der Waals surface area contributed by atoms with E-state index in [1.54, 1.807) is 0 Å². The van der Waals surface area contributed by atoms with Gasteiger partial charge in [-0.1, -0.05) is 60.7 Å². The van der Waals surface area contributed by atoms with Crippen molar-refractivity contribution in [2.45, 2.75) is 93.3 Å². The van der Waals surface area contributed by atoms with Crippen molar-refractivity contribution >= 4 is 11.9 Å². The lowest BCUT2D eigenvalue weighted by Crippen LogP contribution is -2.51. The zero-order valence-electron chi connectivity index (χ0n) is 29.2. The van der Waals surface area contributed by atoms with Crippen LogP contribution in [0.25, 0.3) is 11.1 Å². The summed E-state index contributed by atoms with van der Waals surface area (Å²) in [7, 11) is 0. The molecule has 8 saturated carbocycles. The SMILES string of the molecule is O=C(O)c1ccc(C2(c3ccc(C(=O)O)cc3C34CC5CC(CC(C5)C3)C4)c3ccccc3-c3ccccc32)c(C23CC4CC(CC(C4)C2)C3)c1. The van der Waals surface area contributed by atoms with Crippen molar-refractivity contribution in [2.24, 2.45) is 35.5 Å². The molecule has 9 aliphatic carbocycles. The molecule has 51 heavy (non-hydrogen) atoms. The van der Waals surface area contributed by atoms with Crippen LogP contribution in [0.2, 0.25) is 0 Å². The molecule has 2 N–H and O–H groups in total. The van der Waals surface area contributed by atoms with E-state index in [0.29, 0.717) is 46.6 Å². The highest BCUT2D eigenvalue weighted by atomic mass is 16.4. The Morgan fingerprint density at radius 3 is 1.10 bits per heavy atom. The first-order valence-electron chi connectivity index (χ1n) is 19.7. The van der Waals surface area contributed by atoms with Crippen molar-refractivity contribution in [3.05, 3.63) is 129 Å². The number of benzene rings is 4. The third-order valence-corrected chi connectivity index (χ3v) is 15.5. The lowest BCUT2D eigenvalue weighted by Gasteiger charge is -2.59. The van der Waals surface area contributed by atoms with Gasteiger partial charge in [0.05, 0.1) is 16.5 Å². The lowest BCUT2D eigenvalue weighted by atomic mass is 9.45. The first-order chi connectivity index (χ1) is 24.7. The molecule has 13 rings (SSSR count). The smallest absolute Gasteiger partial charge is 0.335 e. The zero-order chi connectivity index (χ0) is 34.3. The minimum Gasteiger partial charge on any atom is -0.478 e. The second kappa shape index (κ2) is 10.5. The van der Waals surface area contributed by atoms with E-state index in [9.17, 15) is 19.8 Å². The van der Waals surface area contributed by atoms with E-state index >= 15 is 0 Å². The maximum Gasteiger partial charge on any atom is 0.335 e. The van der Waals surface area contributed by atoms with E-state index in [2.05, 4.69) is 72.8 Å². The number of hydrogen-bond acceptors (Lipinski definition) is 2. The van der Waals surface area contributed by atoms with Gasteiger partial charge in [-0.2, -0.15) is 0 Å². The van der Waals surface area contributed by atoms with E-state index in [0.717, 1.165) is 38.5 Å². The van der Waals surface area contributed by atoms with Gasteiger partial charge in [0.15, 0.2) is 0 Å². The van der Waals surface area contributed by atoms with Crippen LogP contribution in [0.3, 0.4) is 0 Å². The first kappa shape index (κ1) is 30.4. The Morgan fingerprint density at radius 1 is 0.431 bits per heavy atom. The summed E-state index contributed by atoms with van der Waals surface area (Å²) in [6.07, 6.45) is 14.7. The predicted octanol–water partition coefficient (Wildman–Crippen LogP) is 10.4. The fourth-order valence-electron chi connectivity index (χ4n) is 14.7. The average molecular weight is 675 g/mol. The van der Waals surface area contributed by atoms with Crippen molar-refractivity contribution in [3.8, 4) is 11.1 Å². The predicted molar refractivity (Wildman–Crippen MR) is 197 cm³/mol. The van der Waals surface area contributed by atoms with Gasteiger partial charge in [0.2, 0.25) is 0 Å². The Labute approximate surface area is 300 Å². The molecule has 9 aliphatic rings. The number of carboxylic acid groups (broad SMARTS) is 2. The largest absolute Gasteiger partial charge is 0.478 e. The second-order valence-electron chi connectivity index (χ2n) is 18.4. The third-order valence-electron chi connectivity index (χ3n) is 15.5. The molecular formula is C47H46O4. The molecule has 8 bridgehead atoms. The number of fused-ring (bicyclic) bond motifs is 3. The molecule has 4 heteroatoms. The molecule has 4 nitrogen and oxygen atoms in total. The van der Waals surface area contributed by atoms with Crippen molar-refractivity contribution in [3.63, 3.8) is 0 Å². The summed E-state index contributed by atoms with van der Waals surface area (Å²) in [5.74, 6) is 2.48. The molecule has 0 atom stereocenters. The second-order valence-corrected chi connectivity index (χ2v) is 18.4. The van der Waals surface area contributed by atoms with Gasteiger partial charge in [0.25, 0.3) is 0 Å². The minimum absolute atomic E-state index is 0.0587. The Morgan fingerprint density at radius 2 is 0.765 bits per heavy atom. The lowest BCUT2D eigenvalue weighted by molar-refractivity contribution is -0.00638. The monoisotopic (exact) mass is 674 g/mol. The van der Waals surface area contributed by atoms with Gasteiger partial charge in [-0.05, 0) is 192 Å². The summed E-state index contributed by atoms with van der Waals surface area (Å²) >= 11 is 0. The summed E-state index contributed by atoms with van der Waals surface area (Å²) in [5, 5.41) is 21.0. The maximum atomic E-state index is 12.8. The van der Waals surface area contributed by atoms with E-state index in [4.69, 9.17) is 0 Å². The van der Waals surface area contributed by atoms with Gasteiger partial charge >= 0.3 is 11.9 Å². The van der Waals surface area contributed by atoms with Crippen molar-refractivity contribution < 1.29 is 19.8 Å². The molecule has 0 aromatic heterocycles. The van der Waals surface area contributed by atoms with E-state index < -0.39 is 17.4 Å². The average Bonchev–Trinajstić information content (AvgIpc) is 3.41. The molecule has 4 aromatic rings. The Hall–Kier alpha value is -4.18. The number of rotatable bonds is 6. The number of carboxylic acids is 2. The quantitative estimate of drug-likeness (QED) is 0.188. The third kappa shape index (κ3) is 4.14. The fourth-order valence-corrected chi connectivity index (χ4v) is 14.7. The summed E-state index contributed by atoms with van der Waals surface area (Å²) in [4.78, 5) is 25.6. The van der Waals surface area contributed by atoms with Crippen molar-refractivity contribution in [1.29, 1.82) is 0 Å². The Balaban J connectivity index is 1.26. The van der Waals surface area contributed by atoms with Crippen LogP contribution in [-0.4, -0.2) is 22.2 Å². The molecule has 8 fully saturated rings. The zero-order valence-corrected chi connectivity index (χ0v) is 29.2. The van der Waals surface area contributed by atoms with Crippen LogP contribution in [0, 0.1) is 35.5 Å². The normalized spacial score (nSPS) is 34.4. The molecule has 0 unspecified atom stereocenters. The van der Waals surface area contributed by atoms with Crippen LogP contribution in [0.5, 0.6) is 0 Å². The fraction of sp³-hybridized carbons (Fsp3) is 0.447. The maximum absolute atomic E-state index is 12.8. The molecule has 0 spiro atoms. The summed E-state index contributed by atoms with van der Waals surface area (Å²) < 4.78 is 0. The molecule has 0 amide bonds. The Kier molecular flexibility index (Phi) is 6.24. The van der Waals surface area contributed by atoms with Crippen LogP contribution in [-0.2, 0) is 16.2 Å². The molecule has 4 aromatic carbocycles. The highest BCUT2D eigenvalue weighted by Gasteiger charge is 2.58. The van der Waals surface area contributed by atoms with Crippen molar-refractivity contribution in [2.75, 3.05) is 0 Å². The summed E-state index contributed by atoms with van der Waals surface area (Å²) in [5.41, 5.74) is 9.80. The van der Waals surface area contributed by atoms with Gasteiger partial charge in [-0.15, -0.1) is 0 Å². The molecular weight excluding hydrogens is 629 g/mol.